The van der Waals surface area contributed by atoms with Gasteiger partial charge in [-0.1, -0.05) is 12.2 Å². The smallest absolute Gasteiger partial charge is 0.130 e. The van der Waals surface area contributed by atoms with Crippen molar-refractivity contribution in [3.8, 4) is 0 Å². The van der Waals surface area contributed by atoms with E-state index < -0.39 is 0 Å². The standard InChI is InChI=1S/C7H14N2S2/c10-7(11)9-5-6-1-3-8-4-2-6/h6,8H,1-5H2,(H2,9,10,11). The van der Waals surface area contributed by atoms with Gasteiger partial charge in [0.25, 0.3) is 0 Å². The normalized spacial score (nSPS) is 19.7. The predicted molar refractivity (Wildman–Crippen MR) is 55.2 cm³/mol. The highest BCUT2D eigenvalue weighted by Crippen LogP contribution is 2.09. The second-order valence-electron chi connectivity index (χ2n) is 2.88. The number of nitrogens with one attached hydrogen (secondary N) is 2. The van der Waals surface area contributed by atoms with Crippen molar-refractivity contribution in [3.05, 3.63) is 0 Å². The van der Waals surface area contributed by atoms with E-state index in [1.54, 1.807) is 0 Å². The van der Waals surface area contributed by atoms with Crippen molar-refractivity contribution in [2.45, 2.75) is 12.8 Å². The molecule has 0 bridgehead atoms. The third-order valence-electron chi connectivity index (χ3n) is 2.00. The van der Waals surface area contributed by atoms with Crippen molar-refractivity contribution < 1.29 is 0 Å². The molecule has 0 aromatic carbocycles. The van der Waals surface area contributed by atoms with Crippen molar-refractivity contribution in [3.63, 3.8) is 0 Å². The molecule has 1 saturated heterocycles. The van der Waals surface area contributed by atoms with Crippen LogP contribution in [0.4, 0.5) is 0 Å². The minimum atomic E-state index is 0.614. The summed E-state index contributed by atoms with van der Waals surface area (Å²) in [4.78, 5) is 0. The lowest BCUT2D eigenvalue weighted by Crippen LogP contribution is -2.34. The minimum Gasteiger partial charge on any atom is -0.371 e. The average Bonchev–Trinajstić information content (AvgIpc) is 2.03. The maximum Gasteiger partial charge on any atom is 0.130 e. The Bertz CT molecular complexity index is 132. The second-order valence-corrected chi connectivity index (χ2v) is 4.04. The second kappa shape index (κ2) is 4.95. The van der Waals surface area contributed by atoms with E-state index in [0.29, 0.717) is 4.32 Å². The molecular formula is C7H14N2S2. The first-order valence-corrected chi connectivity index (χ1v) is 4.82. The molecule has 1 heterocycles. The summed E-state index contributed by atoms with van der Waals surface area (Å²) in [6, 6.07) is 0. The van der Waals surface area contributed by atoms with Gasteiger partial charge in [-0.2, -0.15) is 0 Å². The van der Waals surface area contributed by atoms with Crippen molar-refractivity contribution >= 4 is 29.2 Å². The molecule has 2 N–H and O–H groups in total. The Hall–Kier alpha value is 0.200. The van der Waals surface area contributed by atoms with Gasteiger partial charge in [-0.05, 0) is 31.8 Å². The van der Waals surface area contributed by atoms with Gasteiger partial charge >= 0.3 is 0 Å². The molecule has 1 aliphatic rings. The zero-order valence-electron chi connectivity index (χ0n) is 6.47. The van der Waals surface area contributed by atoms with Gasteiger partial charge in [0.05, 0.1) is 0 Å². The first-order valence-electron chi connectivity index (χ1n) is 3.96. The number of piperidine rings is 1. The molecule has 0 spiro atoms. The molecule has 0 aliphatic carbocycles. The topological polar surface area (TPSA) is 24.1 Å². The third-order valence-corrected chi connectivity index (χ3v) is 2.30. The highest BCUT2D eigenvalue weighted by atomic mass is 32.1. The maximum atomic E-state index is 4.80. The van der Waals surface area contributed by atoms with E-state index in [-0.39, 0.29) is 0 Å². The fraction of sp³-hybridized carbons (Fsp3) is 0.857. The number of hydrogen-bond acceptors (Lipinski definition) is 2. The van der Waals surface area contributed by atoms with Gasteiger partial charge in [0.15, 0.2) is 0 Å². The van der Waals surface area contributed by atoms with Gasteiger partial charge in [0, 0.05) is 6.54 Å². The Labute approximate surface area is 78.5 Å². The molecule has 4 heteroatoms. The Morgan fingerprint density at radius 3 is 2.73 bits per heavy atom. The predicted octanol–water partition coefficient (Wildman–Crippen LogP) is 0.790. The summed E-state index contributed by atoms with van der Waals surface area (Å²) in [6.45, 7) is 3.28. The van der Waals surface area contributed by atoms with Crippen LogP contribution in [0.1, 0.15) is 12.8 Å². The lowest BCUT2D eigenvalue weighted by Gasteiger charge is -2.22. The molecule has 64 valence electrons. The van der Waals surface area contributed by atoms with E-state index in [1.165, 1.54) is 12.8 Å². The quantitative estimate of drug-likeness (QED) is 0.443. The molecule has 0 atom stereocenters. The van der Waals surface area contributed by atoms with Crippen LogP contribution in [-0.4, -0.2) is 24.0 Å². The van der Waals surface area contributed by atoms with Crippen LogP contribution in [0.2, 0.25) is 0 Å². The Balaban J connectivity index is 2.09. The molecule has 0 aromatic heterocycles. The summed E-state index contributed by atoms with van der Waals surface area (Å²) in [5.74, 6) is 0.779. The highest BCUT2D eigenvalue weighted by Gasteiger charge is 2.11. The van der Waals surface area contributed by atoms with Gasteiger partial charge in [0.2, 0.25) is 0 Å². The van der Waals surface area contributed by atoms with Crippen molar-refractivity contribution in [1.29, 1.82) is 0 Å². The van der Waals surface area contributed by atoms with Crippen LogP contribution in [0, 0.1) is 5.92 Å². The number of thiocarbonyl (C=S) groups is 1. The van der Waals surface area contributed by atoms with Crippen LogP contribution in [0.15, 0.2) is 0 Å². The average molecular weight is 190 g/mol. The van der Waals surface area contributed by atoms with Gasteiger partial charge in [-0.25, -0.2) is 0 Å². The van der Waals surface area contributed by atoms with E-state index in [9.17, 15) is 0 Å². The fourth-order valence-electron chi connectivity index (χ4n) is 1.32. The van der Waals surface area contributed by atoms with E-state index in [1.807, 2.05) is 0 Å². The monoisotopic (exact) mass is 190 g/mol. The van der Waals surface area contributed by atoms with Crippen LogP contribution < -0.4 is 10.6 Å². The SMILES string of the molecule is S=C(S)NCC1CCNCC1. The summed E-state index contributed by atoms with van der Waals surface area (Å²) in [7, 11) is 0. The molecule has 0 amide bonds. The van der Waals surface area contributed by atoms with Crippen LogP contribution in [0.25, 0.3) is 0 Å². The van der Waals surface area contributed by atoms with E-state index in [0.717, 1.165) is 25.6 Å². The molecular weight excluding hydrogens is 176 g/mol. The van der Waals surface area contributed by atoms with Crippen LogP contribution in [-0.2, 0) is 0 Å². The molecule has 1 fully saturated rings. The summed E-state index contributed by atoms with van der Waals surface area (Å²) in [5.41, 5.74) is 0. The lowest BCUT2D eigenvalue weighted by molar-refractivity contribution is 0.373. The van der Waals surface area contributed by atoms with Gasteiger partial charge < -0.3 is 10.6 Å². The zero-order chi connectivity index (χ0) is 8.10. The van der Waals surface area contributed by atoms with E-state index >= 15 is 0 Å². The van der Waals surface area contributed by atoms with Crippen molar-refractivity contribution in [2.24, 2.45) is 5.92 Å². The molecule has 0 aromatic rings. The lowest BCUT2D eigenvalue weighted by atomic mass is 9.98. The first kappa shape index (κ1) is 9.29. The van der Waals surface area contributed by atoms with E-state index in [2.05, 4.69) is 23.3 Å². The Kier molecular flexibility index (Phi) is 4.18. The van der Waals surface area contributed by atoms with Crippen molar-refractivity contribution in [1.82, 2.24) is 10.6 Å². The fourth-order valence-corrected chi connectivity index (χ4v) is 1.49. The Morgan fingerprint density at radius 1 is 1.55 bits per heavy atom. The van der Waals surface area contributed by atoms with Crippen LogP contribution in [0.3, 0.4) is 0 Å². The van der Waals surface area contributed by atoms with E-state index in [4.69, 9.17) is 12.2 Å². The summed E-state index contributed by atoms with van der Waals surface area (Å²) < 4.78 is 0.614. The molecule has 0 saturated carbocycles. The van der Waals surface area contributed by atoms with Crippen LogP contribution >= 0.6 is 24.8 Å². The minimum absolute atomic E-state index is 0.614. The zero-order valence-corrected chi connectivity index (χ0v) is 8.18. The van der Waals surface area contributed by atoms with Gasteiger partial charge in [0.1, 0.15) is 4.32 Å². The maximum absolute atomic E-state index is 4.80. The molecule has 11 heavy (non-hydrogen) atoms. The first-order chi connectivity index (χ1) is 5.29. The highest BCUT2D eigenvalue weighted by molar-refractivity contribution is 8.11. The molecule has 2 nitrogen and oxygen atoms in total. The van der Waals surface area contributed by atoms with Crippen molar-refractivity contribution in [2.75, 3.05) is 19.6 Å². The van der Waals surface area contributed by atoms with Crippen LogP contribution in [0.5, 0.6) is 0 Å². The van der Waals surface area contributed by atoms with Gasteiger partial charge in [-0.15, -0.1) is 12.6 Å². The Morgan fingerprint density at radius 2 is 2.18 bits per heavy atom. The summed E-state index contributed by atoms with van der Waals surface area (Å²) in [5, 5.41) is 6.41. The molecule has 0 unspecified atom stereocenters. The van der Waals surface area contributed by atoms with Gasteiger partial charge in [-0.3, -0.25) is 0 Å². The molecule has 1 aliphatic heterocycles. The molecule has 0 radical (unpaired) electrons. The summed E-state index contributed by atoms with van der Waals surface area (Å²) in [6.07, 6.45) is 2.51. The number of hydrogen-bond donors (Lipinski definition) is 3. The molecule has 1 rings (SSSR count). The largest absolute Gasteiger partial charge is 0.371 e. The third kappa shape index (κ3) is 3.94. The number of thiol groups is 1. The summed E-state index contributed by atoms with van der Waals surface area (Å²) >= 11 is 8.80. The number of rotatable bonds is 2.